The molecule has 1 amide bonds. The average Bonchev–Trinajstić information content (AvgIpc) is 3.32. The Morgan fingerprint density at radius 3 is 2.52 bits per heavy atom. The van der Waals surface area contributed by atoms with Gasteiger partial charge in [-0.15, -0.1) is 0 Å². The number of carbonyl (C=O) groups excluding carboxylic acids is 1. The number of primary amides is 1. The largest absolute Gasteiger partial charge is 0.364 e. The van der Waals surface area contributed by atoms with Gasteiger partial charge in [-0.1, -0.05) is 0 Å². The lowest BCUT2D eigenvalue weighted by Crippen LogP contribution is -2.12. The number of hydrogen-bond donors (Lipinski definition) is 2. The molecule has 134 valence electrons. The van der Waals surface area contributed by atoms with Crippen LogP contribution in [0.3, 0.4) is 0 Å². The number of amides is 1. The van der Waals surface area contributed by atoms with Crippen LogP contribution < -0.4 is 11.1 Å². The van der Waals surface area contributed by atoms with Crippen LogP contribution in [0.4, 0.5) is 11.6 Å². The highest BCUT2D eigenvalue weighted by molar-refractivity contribution is 5.90. The first-order valence-corrected chi connectivity index (χ1v) is 8.03. The molecule has 4 rings (SSSR count). The van der Waals surface area contributed by atoms with E-state index in [-0.39, 0.29) is 5.69 Å². The van der Waals surface area contributed by atoms with Gasteiger partial charge in [-0.05, 0) is 37.3 Å². The number of carbonyl (C=O) groups is 1. The Bertz CT molecular complexity index is 1100. The van der Waals surface area contributed by atoms with E-state index >= 15 is 0 Å². The van der Waals surface area contributed by atoms with E-state index in [0.29, 0.717) is 17.6 Å². The van der Waals surface area contributed by atoms with E-state index in [4.69, 9.17) is 5.73 Å². The molecule has 27 heavy (non-hydrogen) atoms. The third-order valence-electron chi connectivity index (χ3n) is 3.71. The Morgan fingerprint density at radius 1 is 1.04 bits per heavy atom. The topological polar surface area (TPSA) is 129 Å². The molecule has 0 atom stereocenters. The number of nitrogens with one attached hydrogen (secondary N) is 1. The maximum atomic E-state index is 11.2. The molecule has 0 radical (unpaired) electrons. The summed E-state index contributed by atoms with van der Waals surface area (Å²) < 4.78 is 3.16. The van der Waals surface area contributed by atoms with Crippen LogP contribution in [0.1, 0.15) is 16.3 Å². The van der Waals surface area contributed by atoms with Crippen molar-refractivity contribution >= 4 is 17.5 Å². The third-order valence-corrected chi connectivity index (χ3v) is 3.71. The van der Waals surface area contributed by atoms with Gasteiger partial charge in [-0.2, -0.15) is 15.2 Å². The zero-order valence-corrected chi connectivity index (χ0v) is 14.3. The van der Waals surface area contributed by atoms with Crippen LogP contribution in [0.5, 0.6) is 0 Å². The van der Waals surface area contributed by atoms with Crippen molar-refractivity contribution in [3.63, 3.8) is 0 Å². The van der Waals surface area contributed by atoms with Gasteiger partial charge in [0.15, 0.2) is 5.82 Å². The molecule has 0 aliphatic rings. The molecular formula is C17H15N9O. The fraction of sp³-hybridized carbons (Fsp3) is 0.0588. The molecule has 0 saturated carbocycles. The van der Waals surface area contributed by atoms with Crippen LogP contribution in [-0.2, 0) is 0 Å². The number of rotatable bonds is 5. The summed E-state index contributed by atoms with van der Waals surface area (Å²) in [5.41, 5.74) is 7.10. The molecule has 10 nitrogen and oxygen atoms in total. The zero-order chi connectivity index (χ0) is 18.8. The lowest BCUT2D eigenvalue weighted by atomic mass is 10.3. The van der Waals surface area contributed by atoms with E-state index in [1.807, 2.05) is 31.2 Å². The second-order valence-corrected chi connectivity index (χ2v) is 5.66. The van der Waals surface area contributed by atoms with Crippen molar-refractivity contribution in [3.05, 3.63) is 66.6 Å². The minimum atomic E-state index is -0.594. The fourth-order valence-electron chi connectivity index (χ4n) is 2.42. The van der Waals surface area contributed by atoms with Gasteiger partial charge >= 0.3 is 0 Å². The molecule has 3 N–H and O–H groups in total. The Balaban J connectivity index is 1.53. The highest BCUT2D eigenvalue weighted by Gasteiger charge is 2.08. The summed E-state index contributed by atoms with van der Waals surface area (Å²) in [5, 5.41) is 11.5. The van der Waals surface area contributed by atoms with E-state index in [0.717, 1.165) is 11.4 Å². The predicted molar refractivity (Wildman–Crippen MR) is 97.1 cm³/mol. The summed E-state index contributed by atoms with van der Waals surface area (Å²) in [6.07, 6.45) is 4.87. The number of nitrogens with zero attached hydrogens (tertiary/aromatic N) is 7. The van der Waals surface area contributed by atoms with Crippen LogP contribution in [0.25, 0.3) is 11.5 Å². The van der Waals surface area contributed by atoms with E-state index in [1.165, 1.54) is 10.7 Å². The number of hydrogen-bond acceptors (Lipinski definition) is 7. The number of anilines is 2. The minimum Gasteiger partial charge on any atom is -0.364 e. The summed E-state index contributed by atoms with van der Waals surface area (Å²) in [4.78, 5) is 23.9. The van der Waals surface area contributed by atoms with Crippen LogP contribution in [-0.4, -0.2) is 40.4 Å². The summed E-state index contributed by atoms with van der Waals surface area (Å²) in [7, 11) is 0. The van der Waals surface area contributed by atoms with Crippen molar-refractivity contribution in [1.82, 2.24) is 34.5 Å². The van der Waals surface area contributed by atoms with Crippen molar-refractivity contribution in [1.29, 1.82) is 0 Å². The fourth-order valence-corrected chi connectivity index (χ4v) is 2.42. The van der Waals surface area contributed by atoms with Gasteiger partial charge in [0.05, 0.1) is 5.69 Å². The second-order valence-electron chi connectivity index (χ2n) is 5.66. The maximum absolute atomic E-state index is 11.2. The van der Waals surface area contributed by atoms with Crippen molar-refractivity contribution < 1.29 is 4.79 Å². The van der Waals surface area contributed by atoms with Crippen LogP contribution in [0.15, 0.2) is 55.1 Å². The van der Waals surface area contributed by atoms with Crippen LogP contribution in [0, 0.1) is 6.92 Å². The SMILES string of the molecule is Cc1ncn(-c2ccc(Nc3nccc(-n4ccc(C(N)=O)n4)n3)cc2)n1. The Morgan fingerprint density at radius 2 is 1.85 bits per heavy atom. The van der Waals surface area contributed by atoms with Gasteiger partial charge in [-0.3, -0.25) is 4.79 Å². The standard InChI is InChI=1S/C17H15N9O/c1-11-20-10-26(23-11)13-4-2-12(3-5-13)21-17-19-8-6-15(22-17)25-9-7-14(24-25)16(18)27/h2-10H,1H3,(H2,18,27)(H,19,21,22). The van der Waals surface area contributed by atoms with E-state index in [2.05, 4.69) is 30.5 Å². The molecule has 0 fully saturated rings. The number of aryl methyl sites for hydroxylation is 1. The van der Waals surface area contributed by atoms with Crippen molar-refractivity contribution in [2.75, 3.05) is 5.32 Å². The first kappa shape index (κ1) is 16.4. The maximum Gasteiger partial charge on any atom is 0.269 e. The minimum absolute atomic E-state index is 0.169. The Labute approximate surface area is 153 Å². The van der Waals surface area contributed by atoms with Gasteiger partial charge in [0.25, 0.3) is 5.91 Å². The Kier molecular flexibility index (Phi) is 4.05. The van der Waals surface area contributed by atoms with Crippen molar-refractivity contribution in [2.45, 2.75) is 6.92 Å². The molecule has 0 saturated heterocycles. The molecule has 3 heterocycles. The van der Waals surface area contributed by atoms with Gasteiger partial charge in [0.1, 0.15) is 17.8 Å². The molecule has 0 bridgehead atoms. The number of aromatic nitrogens is 7. The first-order chi connectivity index (χ1) is 13.1. The van der Waals surface area contributed by atoms with E-state index in [1.54, 1.807) is 29.5 Å². The molecule has 1 aromatic carbocycles. The average molecular weight is 361 g/mol. The quantitative estimate of drug-likeness (QED) is 0.549. The van der Waals surface area contributed by atoms with Gasteiger partial charge < -0.3 is 11.1 Å². The molecule has 0 aliphatic heterocycles. The molecular weight excluding hydrogens is 346 g/mol. The molecule has 0 unspecified atom stereocenters. The summed E-state index contributed by atoms with van der Waals surface area (Å²) in [5.74, 6) is 1.02. The summed E-state index contributed by atoms with van der Waals surface area (Å²) in [6.45, 7) is 1.84. The molecule has 3 aromatic heterocycles. The summed E-state index contributed by atoms with van der Waals surface area (Å²) >= 11 is 0. The highest BCUT2D eigenvalue weighted by atomic mass is 16.1. The smallest absolute Gasteiger partial charge is 0.269 e. The monoisotopic (exact) mass is 361 g/mol. The van der Waals surface area contributed by atoms with Gasteiger partial charge in [0.2, 0.25) is 5.95 Å². The zero-order valence-electron chi connectivity index (χ0n) is 14.3. The normalized spacial score (nSPS) is 10.7. The lowest BCUT2D eigenvalue weighted by Gasteiger charge is -2.07. The first-order valence-electron chi connectivity index (χ1n) is 8.03. The Hall–Kier alpha value is -4.08. The van der Waals surface area contributed by atoms with Crippen molar-refractivity contribution in [3.8, 4) is 11.5 Å². The lowest BCUT2D eigenvalue weighted by molar-refractivity contribution is 0.0995. The molecule has 4 aromatic rings. The van der Waals surface area contributed by atoms with Gasteiger partial charge in [-0.25, -0.2) is 19.3 Å². The summed E-state index contributed by atoms with van der Waals surface area (Å²) in [6, 6.07) is 10.8. The van der Waals surface area contributed by atoms with Crippen LogP contribution >= 0.6 is 0 Å². The molecule has 0 aliphatic carbocycles. The molecule has 0 spiro atoms. The number of benzene rings is 1. The van der Waals surface area contributed by atoms with Crippen molar-refractivity contribution in [2.24, 2.45) is 5.73 Å². The third kappa shape index (κ3) is 3.49. The second kappa shape index (κ2) is 6.67. The van der Waals surface area contributed by atoms with E-state index in [9.17, 15) is 4.79 Å². The highest BCUT2D eigenvalue weighted by Crippen LogP contribution is 2.16. The van der Waals surface area contributed by atoms with Crippen LogP contribution in [0.2, 0.25) is 0 Å². The van der Waals surface area contributed by atoms with Gasteiger partial charge in [0, 0.05) is 24.1 Å². The predicted octanol–water partition coefficient (Wildman–Crippen LogP) is 1.39. The number of nitrogens with two attached hydrogens (primary N) is 1. The molecule has 10 heteroatoms. The van der Waals surface area contributed by atoms with E-state index < -0.39 is 5.91 Å².